The fourth-order valence-corrected chi connectivity index (χ4v) is 2.52. The molecule has 0 aliphatic carbocycles. The van der Waals surface area contributed by atoms with Crippen molar-refractivity contribution in [2.24, 2.45) is 0 Å². The minimum absolute atomic E-state index is 0.119. The lowest BCUT2D eigenvalue weighted by Crippen LogP contribution is -2.29. The largest absolute Gasteiger partial charge is 0.478 e. The second-order valence-corrected chi connectivity index (χ2v) is 5.09. The van der Waals surface area contributed by atoms with E-state index in [2.05, 4.69) is 5.10 Å². The first-order valence-corrected chi connectivity index (χ1v) is 7.37. The topological polar surface area (TPSA) is 96.0 Å². The molecule has 0 radical (unpaired) electrons. The number of aromatic carboxylic acids is 1. The Kier molecular flexibility index (Phi) is 4.91. The van der Waals surface area contributed by atoms with Crippen LogP contribution in [-0.4, -0.2) is 20.9 Å². The van der Waals surface area contributed by atoms with Crippen molar-refractivity contribution in [1.29, 1.82) is 5.26 Å². The minimum atomic E-state index is -1.03. The van der Waals surface area contributed by atoms with E-state index in [9.17, 15) is 14.9 Å². The van der Waals surface area contributed by atoms with Crippen LogP contribution in [0.15, 0.2) is 29.1 Å². The molecule has 0 saturated carbocycles. The number of aromatic nitrogens is 2. The van der Waals surface area contributed by atoms with Crippen LogP contribution < -0.4 is 5.56 Å². The summed E-state index contributed by atoms with van der Waals surface area (Å²) in [7, 11) is 0. The average molecular weight is 311 g/mol. The van der Waals surface area contributed by atoms with E-state index in [-0.39, 0.29) is 17.7 Å². The first kappa shape index (κ1) is 16.4. The number of aryl methyl sites for hydroxylation is 1. The molecule has 2 rings (SSSR count). The van der Waals surface area contributed by atoms with Crippen molar-refractivity contribution >= 4 is 5.97 Å². The molecule has 1 aromatic heterocycles. The Labute approximate surface area is 133 Å². The van der Waals surface area contributed by atoms with Crippen LogP contribution in [0.2, 0.25) is 0 Å². The van der Waals surface area contributed by atoms with Crippen molar-refractivity contribution in [3.8, 4) is 6.07 Å². The summed E-state index contributed by atoms with van der Waals surface area (Å²) in [6.07, 6.45) is 1.19. The second kappa shape index (κ2) is 6.88. The third kappa shape index (κ3) is 3.29. The number of carboxylic acids is 1. The Balaban J connectivity index is 2.53. The molecule has 0 amide bonds. The number of hydrogen-bond donors (Lipinski definition) is 1. The number of nitrogens with zero attached hydrogens (tertiary/aromatic N) is 3. The molecular weight excluding hydrogens is 294 g/mol. The molecule has 0 atom stereocenters. The predicted molar refractivity (Wildman–Crippen MR) is 84.5 cm³/mol. The van der Waals surface area contributed by atoms with Crippen LogP contribution in [0.3, 0.4) is 0 Å². The van der Waals surface area contributed by atoms with Gasteiger partial charge in [-0.1, -0.05) is 26.0 Å². The lowest BCUT2D eigenvalue weighted by atomic mass is 10.0. The predicted octanol–water partition coefficient (Wildman–Crippen LogP) is 1.99. The highest BCUT2D eigenvalue weighted by molar-refractivity contribution is 5.87. The van der Waals surface area contributed by atoms with E-state index < -0.39 is 11.5 Å². The first-order valence-electron chi connectivity index (χ1n) is 7.37. The average Bonchev–Trinajstić information content (AvgIpc) is 2.56. The van der Waals surface area contributed by atoms with Crippen LogP contribution in [-0.2, 0) is 19.4 Å². The molecule has 0 saturated heterocycles. The number of nitriles is 1. The van der Waals surface area contributed by atoms with Gasteiger partial charge < -0.3 is 5.11 Å². The summed E-state index contributed by atoms with van der Waals surface area (Å²) in [6, 6.07) is 8.32. The summed E-state index contributed by atoms with van der Waals surface area (Å²) < 4.78 is 1.23. The van der Waals surface area contributed by atoms with Crippen LogP contribution >= 0.6 is 0 Å². The molecule has 0 aliphatic rings. The molecule has 1 heterocycles. The molecule has 6 heteroatoms. The van der Waals surface area contributed by atoms with Crippen molar-refractivity contribution in [1.82, 2.24) is 9.78 Å². The van der Waals surface area contributed by atoms with Gasteiger partial charge >= 0.3 is 5.97 Å². The van der Waals surface area contributed by atoms with E-state index in [1.165, 1.54) is 16.8 Å². The van der Waals surface area contributed by atoms with Gasteiger partial charge in [-0.2, -0.15) is 10.4 Å². The number of hydrogen-bond acceptors (Lipinski definition) is 4. The Morgan fingerprint density at radius 1 is 1.35 bits per heavy atom. The zero-order chi connectivity index (χ0) is 17.0. The van der Waals surface area contributed by atoms with Gasteiger partial charge in [0.2, 0.25) is 0 Å². The zero-order valence-corrected chi connectivity index (χ0v) is 13.0. The summed E-state index contributed by atoms with van der Waals surface area (Å²) in [6.45, 7) is 3.94. The van der Waals surface area contributed by atoms with Gasteiger partial charge in [-0.15, -0.1) is 0 Å². The van der Waals surface area contributed by atoms with Crippen LogP contribution in [0.4, 0.5) is 0 Å². The number of carbonyl (C=O) groups is 1. The molecule has 0 aliphatic heterocycles. The lowest BCUT2D eigenvalue weighted by Gasteiger charge is -2.12. The van der Waals surface area contributed by atoms with Gasteiger partial charge in [0.15, 0.2) is 0 Å². The molecule has 0 spiro atoms. The molecule has 0 bridgehead atoms. The maximum Gasteiger partial charge on any atom is 0.335 e. The van der Waals surface area contributed by atoms with Crippen LogP contribution in [0.5, 0.6) is 0 Å². The highest BCUT2D eigenvalue weighted by Gasteiger charge is 2.15. The highest BCUT2D eigenvalue weighted by atomic mass is 16.4. The van der Waals surface area contributed by atoms with Crippen LogP contribution in [0, 0.1) is 11.3 Å². The van der Waals surface area contributed by atoms with Crippen molar-refractivity contribution in [2.45, 2.75) is 33.2 Å². The number of benzene rings is 1. The molecular formula is C17H17N3O3. The molecule has 0 fully saturated rings. The van der Waals surface area contributed by atoms with Gasteiger partial charge in [0.1, 0.15) is 11.6 Å². The summed E-state index contributed by atoms with van der Waals surface area (Å²) >= 11 is 0. The highest BCUT2D eigenvalue weighted by Crippen LogP contribution is 2.12. The second-order valence-electron chi connectivity index (χ2n) is 5.09. The molecule has 118 valence electrons. The molecule has 1 aromatic carbocycles. The SMILES string of the molecule is CCc1nn(Cc2cccc(C(=O)O)c2)c(=O)c(C#N)c1CC. The Hall–Kier alpha value is -2.94. The van der Waals surface area contributed by atoms with E-state index in [0.29, 0.717) is 24.0 Å². The molecule has 6 nitrogen and oxygen atoms in total. The van der Waals surface area contributed by atoms with Gasteiger partial charge in [0.05, 0.1) is 17.8 Å². The van der Waals surface area contributed by atoms with Gasteiger partial charge in [-0.05, 0) is 36.1 Å². The third-order valence-corrected chi connectivity index (χ3v) is 3.65. The van der Waals surface area contributed by atoms with Crippen LogP contribution in [0.1, 0.15) is 46.6 Å². The van der Waals surface area contributed by atoms with E-state index >= 15 is 0 Å². The molecule has 0 unspecified atom stereocenters. The van der Waals surface area contributed by atoms with Crippen LogP contribution in [0.25, 0.3) is 0 Å². The summed E-state index contributed by atoms with van der Waals surface area (Å²) in [5.41, 5.74) is 1.89. The molecule has 23 heavy (non-hydrogen) atoms. The molecule has 1 N–H and O–H groups in total. The summed E-state index contributed by atoms with van der Waals surface area (Å²) in [4.78, 5) is 23.5. The van der Waals surface area contributed by atoms with Gasteiger partial charge in [-0.25, -0.2) is 9.48 Å². The third-order valence-electron chi connectivity index (χ3n) is 3.65. The monoisotopic (exact) mass is 311 g/mol. The normalized spacial score (nSPS) is 10.3. The maximum atomic E-state index is 12.4. The first-order chi connectivity index (χ1) is 11.0. The Morgan fingerprint density at radius 3 is 2.65 bits per heavy atom. The quantitative estimate of drug-likeness (QED) is 0.911. The standard InChI is InChI=1S/C17H17N3O3/c1-3-13-14(9-18)16(21)20(19-15(13)4-2)10-11-6-5-7-12(8-11)17(22)23/h5-8H,3-4,10H2,1-2H3,(H,22,23). The van der Waals surface area contributed by atoms with Crippen molar-refractivity contribution in [3.63, 3.8) is 0 Å². The van der Waals surface area contributed by atoms with Gasteiger partial charge in [0, 0.05) is 0 Å². The van der Waals surface area contributed by atoms with E-state index in [1.807, 2.05) is 19.9 Å². The number of carboxylic acid groups (broad SMARTS) is 1. The zero-order valence-electron chi connectivity index (χ0n) is 13.0. The Morgan fingerprint density at radius 2 is 2.09 bits per heavy atom. The van der Waals surface area contributed by atoms with Gasteiger partial charge in [0.25, 0.3) is 5.56 Å². The van der Waals surface area contributed by atoms with E-state index in [0.717, 1.165) is 5.69 Å². The van der Waals surface area contributed by atoms with Crippen molar-refractivity contribution in [2.75, 3.05) is 0 Å². The van der Waals surface area contributed by atoms with Crippen molar-refractivity contribution < 1.29 is 9.90 Å². The summed E-state index contributed by atoms with van der Waals surface area (Å²) in [5, 5.41) is 22.7. The van der Waals surface area contributed by atoms with Gasteiger partial charge in [-0.3, -0.25) is 4.79 Å². The smallest absolute Gasteiger partial charge is 0.335 e. The minimum Gasteiger partial charge on any atom is -0.478 e. The van der Waals surface area contributed by atoms with Crippen molar-refractivity contribution in [3.05, 3.63) is 62.6 Å². The molecule has 2 aromatic rings. The maximum absolute atomic E-state index is 12.4. The fourth-order valence-electron chi connectivity index (χ4n) is 2.52. The lowest BCUT2D eigenvalue weighted by molar-refractivity contribution is 0.0696. The number of rotatable bonds is 5. The van der Waals surface area contributed by atoms with E-state index in [1.54, 1.807) is 12.1 Å². The summed E-state index contributed by atoms with van der Waals surface area (Å²) in [5.74, 6) is -1.03. The Bertz CT molecular complexity index is 847. The fraction of sp³-hybridized carbons (Fsp3) is 0.294. The van der Waals surface area contributed by atoms with E-state index in [4.69, 9.17) is 5.11 Å².